The van der Waals surface area contributed by atoms with Crippen molar-refractivity contribution < 1.29 is 4.79 Å². The number of hydrogen-bond donors (Lipinski definition) is 1. The lowest BCUT2D eigenvalue weighted by molar-refractivity contribution is -0.128. The minimum Gasteiger partial charge on any atom is -0.361 e. The van der Waals surface area contributed by atoms with Crippen LogP contribution in [0.1, 0.15) is 18.4 Å². The minimum atomic E-state index is 0.167. The van der Waals surface area contributed by atoms with Gasteiger partial charge in [0.2, 0.25) is 5.91 Å². The Morgan fingerprint density at radius 1 is 1.50 bits per heavy atom. The van der Waals surface area contributed by atoms with E-state index in [-0.39, 0.29) is 5.91 Å². The molecule has 86 valence electrons. The van der Waals surface area contributed by atoms with Gasteiger partial charge in [0.05, 0.1) is 6.54 Å². The fourth-order valence-electron chi connectivity index (χ4n) is 1.88. The van der Waals surface area contributed by atoms with E-state index in [4.69, 9.17) is 0 Å². The second-order valence-corrected chi connectivity index (χ2v) is 4.16. The molecule has 0 aliphatic carbocycles. The molecule has 0 spiro atoms. The first-order chi connectivity index (χ1) is 7.75. The molecular formula is C12H17N3O. The molecule has 1 aliphatic rings. The molecule has 0 aromatic carbocycles. The third kappa shape index (κ3) is 2.72. The van der Waals surface area contributed by atoms with E-state index in [0.29, 0.717) is 6.54 Å². The summed E-state index contributed by atoms with van der Waals surface area (Å²) in [6, 6.07) is 3.88. The summed E-state index contributed by atoms with van der Waals surface area (Å²) in [5.41, 5.74) is 1.14. The first kappa shape index (κ1) is 10.9. The fraction of sp³-hybridized carbons (Fsp3) is 0.500. The predicted octanol–water partition coefficient (Wildman–Crippen LogP) is 1.42. The number of aromatic nitrogens is 1. The Hall–Kier alpha value is -1.58. The van der Waals surface area contributed by atoms with Crippen LogP contribution in [-0.4, -0.2) is 35.4 Å². The van der Waals surface area contributed by atoms with Gasteiger partial charge < -0.3 is 10.2 Å². The number of nitrogens with zero attached hydrogens (tertiary/aromatic N) is 2. The largest absolute Gasteiger partial charge is 0.361 e. The first-order valence-electron chi connectivity index (χ1n) is 5.70. The van der Waals surface area contributed by atoms with Crippen molar-refractivity contribution in [2.75, 3.05) is 25.0 Å². The Labute approximate surface area is 95.7 Å². The molecule has 1 fully saturated rings. The highest BCUT2D eigenvalue weighted by atomic mass is 16.2. The van der Waals surface area contributed by atoms with Crippen molar-refractivity contribution in [3.8, 4) is 0 Å². The van der Waals surface area contributed by atoms with E-state index in [1.807, 2.05) is 24.0 Å². The Bertz CT molecular complexity index is 372. The zero-order valence-corrected chi connectivity index (χ0v) is 9.57. The molecule has 4 heteroatoms. The summed E-state index contributed by atoms with van der Waals surface area (Å²) < 4.78 is 0. The molecule has 1 N–H and O–H groups in total. The number of likely N-dealkylation sites (tertiary alicyclic amines) is 1. The van der Waals surface area contributed by atoms with Gasteiger partial charge >= 0.3 is 0 Å². The van der Waals surface area contributed by atoms with Crippen LogP contribution < -0.4 is 5.32 Å². The number of nitrogens with one attached hydrogen (secondary N) is 1. The summed E-state index contributed by atoms with van der Waals surface area (Å²) in [5, 5.41) is 3.06. The van der Waals surface area contributed by atoms with E-state index < -0.39 is 0 Å². The SMILES string of the molecule is Cc1ccnc(NCC(=O)N2CCCC2)c1. The molecule has 0 saturated carbocycles. The van der Waals surface area contributed by atoms with Crippen LogP contribution >= 0.6 is 0 Å². The summed E-state index contributed by atoms with van der Waals surface area (Å²) >= 11 is 0. The first-order valence-corrected chi connectivity index (χ1v) is 5.70. The van der Waals surface area contributed by atoms with Crippen molar-refractivity contribution in [3.63, 3.8) is 0 Å². The number of pyridine rings is 1. The molecule has 0 radical (unpaired) electrons. The number of rotatable bonds is 3. The number of carbonyl (C=O) groups is 1. The maximum atomic E-state index is 11.7. The fourth-order valence-corrected chi connectivity index (χ4v) is 1.88. The van der Waals surface area contributed by atoms with E-state index in [1.54, 1.807) is 6.20 Å². The number of carbonyl (C=O) groups excluding carboxylic acids is 1. The summed E-state index contributed by atoms with van der Waals surface area (Å²) in [4.78, 5) is 17.8. The molecule has 1 aromatic heterocycles. The molecule has 2 heterocycles. The second-order valence-electron chi connectivity index (χ2n) is 4.16. The van der Waals surface area contributed by atoms with Crippen LogP contribution in [0.3, 0.4) is 0 Å². The molecule has 0 unspecified atom stereocenters. The van der Waals surface area contributed by atoms with Crippen molar-refractivity contribution in [2.24, 2.45) is 0 Å². The summed E-state index contributed by atoms with van der Waals surface area (Å²) in [7, 11) is 0. The van der Waals surface area contributed by atoms with Gasteiger partial charge in [-0.05, 0) is 37.5 Å². The zero-order chi connectivity index (χ0) is 11.4. The van der Waals surface area contributed by atoms with Crippen LogP contribution in [0.5, 0.6) is 0 Å². The lowest BCUT2D eigenvalue weighted by atomic mass is 10.3. The van der Waals surface area contributed by atoms with Gasteiger partial charge in [-0.3, -0.25) is 4.79 Å². The predicted molar refractivity (Wildman–Crippen MR) is 63.3 cm³/mol. The normalized spacial score (nSPS) is 15.2. The number of aryl methyl sites for hydroxylation is 1. The van der Waals surface area contributed by atoms with Crippen molar-refractivity contribution in [1.29, 1.82) is 0 Å². The molecule has 1 saturated heterocycles. The third-order valence-electron chi connectivity index (χ3n) is 2.79. The van der Waals surface area contributed by atoms with Crippen molar-refractivity contribution in [1.82, 2.24) is 9.88 Å². The van der Waals surface area contributed by atoms with E-state index in [2.05, 4.69) is 10.3 Å². The summed E-state index contributed by atoms with van der Waals surface area (Å²) in [6.07, 6.45) is 4.01. The van der Waals surface area contributed by atoms with Gasteiger partial charge in [-0.15, -0.1) is 0 Å². The zero-order valence-electron chi connectivity index (χ0n) is 9.57. The Balaban J connectivity index is 1.84. The van der Waals surface area contributed by atoms with E-state index in [1.165, 1.54) is 0 Å². The molecule has 2 rings (SSSR count). The Kier molecular flexibility index (Phi) is 3.39. The van der Waals surface area contributed by atoms with Gasteiger partial charge in [0, 0.05) is 19.3 Å². The molecule has 4 nitrogen and oxygen atoms in total. The maximum Gasteiger partial charge on any atom is 0.241 e. The van der Waals surface area contributed by atoms with E-state index >= 15 is 0 Å². The highest BCUT2D eigenvalue weighted by Crippen LogP contribution is 2.08. The average molecular weight is 219 g/mol. The van der Waals surface area contributed by atoms with Gasteiger partial charge in [0.25, 0.3) is 0 Å². The van der Waals surface area contributed by atoms with Gasteiger partial charge in [0.15, 0.2) is 0 Å². The lowest BCUT2D eigenvalue weighted by Crippen LogP contribution is -2.33. The van der Waals surface area contributed by atoms with E-state index in [9.17, 15) is 4.79 Å². The molecule has 1 aliphatic heterocycles. The highest BCUT2D eigenvalue weighted by molar-refractivity contribution is 5.80. The van der Waals surface area contributed by atoms with Crippen LogP contribution in [0, 0.1) is 6.92 Å². The maximum absolute atomic E-state index is 11.7. The molecule has 0 atom stereocenters. The van der Waals surface area contributed by atoms with Crippen LogP contribution in [-0.2, 0) is 4.79 Å². The third-order valence-corrected chi connectivity index (χ3v) is 2.79. The number of anilines is 1. The van der Waals surface area contributed by atoms with Crippen LogP contribution in [0.25, 0.3) is 0 Å². The second kappa shape index (κ2) is 4.96. The highest BCUT2D eigenvalue weighted by Gasteiger charge is 2.17. The quantitative estimate of drug-likeness (QED) is 0.836. The number of amides is 1. The molecular weight excluding hydrogens is 202 g/mol. The van der Waals surface area contributed by atoms with Crippen LogP contribution in [0.4, 0.5) is 5.82 Å². The summed E-state index contributed by atoms with van der Waals surface area (Å²) in [5.74, 6) is 0.938. The molecule has 0 bridgehead atoms. The Morgan fingerprint density at radius 3 is 2.94 bits per heavy atom. The van der Waals surface area contributed by atoms with Gasteiger partial charge in [-0.25, -0.2) is 4.98 Å². The van der Waals surface area contributed by atoms with Gasteiger partial charge in [0.1, 0.15) is 5.82 Å². The topological polar surface area (TPSA) is 45.2 Å². The van der Waals surface area contributed by atoms with E-state index in [0.717, 1.165) is 37.3 Å². The van der Waals surface area contributed by atoms with Gasteiger partial charge in [-0.1, -0.05) is 0 Å². The lowest BCUT2D eigenvalue weighted by Gasteiger charge is -2.15. The molecule has 1 aromatic rings. The molecule has 16 heavy (non-hydrogen) atoms. The molecule has 1 amide bonds. The van der Waals surface area contributed by atoms with Crippen molar-refractivity contribution in [3.05, 3.63) is 23.9 Å². The van der Waals surface area contributed by atoms with Crippen molar-refractivity contribution >= 4 is 11.7 Å². The van der Waals surface area contributed by atoms with Crippen LogP contribution in [0.15, 0.2) is 18.3 Å². The minimum absolute atomic E-state index is 0.167. The van der Waals surface area contributed by atoms with Crippen molar-refractivity contribution in [2.45, 2.75) is 19.8 Å². The summed E-state index contributed by atoms with van der Waals surface area (Å²) in [6.45, 7) is 4.16. The van der Waals surface area contributed by atoms with Gasteiger partial charge in [-0.2, -0.15) is 0 Å². The smallest absolute Gasteiger partial charge is 0.241 e. The van der Waals surface area contributed by atoms with Crippen LogP contribution in [0.2, 0.25) is 0 Å². The average Bonchev–Trinajstić information content (AvgIpc) is 2.79. The number of hydrogen-bond acceptors (Lipinski definition) is 3. The monoisotopic (exact) mass is 219 g/mol. The standard InChI is InChI=1S/C12H17N3O/c1-10-4-5-13-11(8-10)14-9-12(16)15-6-2-3-7-15/h4-5,8H,2-3,6-7,9H2,1H3,(H,13,14). The Morgan fingerprint density at radius 2 is 2.25 bits per heavy atom.